The predicted octanol–water partition coefficient (Wildman–Crippen LogP) is 3.91. The number of halogens is 1. The summed E-state index contributed by atoms with van der Waals surface area (Å²) >= 11 is 0. The first-order valence-electron chi connectivity index (χ1n) is 9.02. The van der Waals surface area contributed by atoms with Crippen molar-refractivity contribution in [2.45, 2.75) is 26.3 Å². The lowest BCUT2D eigenvalue weighted by molar-refractivity contribution is -0.121. The van der Waals surface area contributed by atoms with Crippen molar-refractivity contribution < 1.29 is 13.8 Å². The molecule has 0 unspecified atom stereocenters. The van der Waals surface area contributed by atoms with Gasteiger partial charge in [-0.05, 0) is 54.8 Å². The number of hydrogen-bond donors (Lipinski definition) is 2. The van der Waals surface area contributed by atoms with Crippen LogP contribution in [-0.4, -0.2) is 21.2 Å². The molecule has 2 aromatic heterocycles. The van der Waals surface area contributed by atoms with E-state index in [1.807, 2.05) is 24.3 Å². The summed E-state index contributed by atoms with van der Waals surface area (Å²) < 4.78 is 17.9. The summed E-state index contributed by atoms with van der Waals surface area (Å²) in [6, 6.07) is 14.3. The third kappa shape index (κ3) is 3.64. The highest BCUT2D eigenvalue weighted by molar-refractivity contribution is 5.91. The minimum absolute atomic E-state index is 0.0854. The lowest BCUT2D eigenvalue weighted by atomic mass is 10.0. The summed E-state index contributed by atoms with van der Waals surface area (Å²) in [6.45, 7) is 2.06. The van der Waals surface area contributed by atoms with Crippen molar-refractivity contribution in [2.24, 2.45) is 0 Å². The minimum Gasteiger partial charge on any atom is -0.354 e. The largest absolute Gasteiger partial charge is 0.354 e. The fourth-order valence-electron chi connectivity index (χ4n) is 3.24. The molecule has 0 atom stereocenters. The quantitative estimate of drug-likeness (QED) is 0.533. The van der Waals surface area contributed by atoms with Gasteiger partial charge in [-0.25, -0.2) is 9.02 Å². The molecular formula is C21H19FN4O2. The van der Waals surface area contributed by atoms with Gasteiger partial charge in [0.15, 0.2) is 0 Å². The number of hydrogen-bond acceptors (Lipinski definition) is 4. The number of amides is 1. The van der Waals surface area contributed by atoms with Crippen molar-refractivity contribution in [3.63, 3.8) is 0 Å². The molecule has 0 aliphatic carbocycles. The molecule has 0 saturated carbocycles. The van der Waals surface area contributed by atoms with Crippen molar-refractivity contribution in [3.8, 4) is 11.3 Å². The number of carbonyl (C=O) groups excluding carboxylic acids is 1. The van der Waals surface area contributed by atoms with Gasteiger partial charge in [-0.15, -0.1) is 0 Å². The number of benzene rings is 2. The van der Waals surface area contributed by atoms with Gasteiger partial charge < -0.3 is 10.3 Å². The normalized spacial score (nSPS) is 11.1. The molecule has 6 nitrogen and oxygen atoms in total. The van der Waals surface area contributed by atoms with E-state index in [0.717, 1.165) is 27.7 Å². The highest BCUT2D eigenvalue weighted by Crippen LogP contribution is 2.31. The third-order valence-electron chi connectivity index (χ3n) is 4.75. The van der Waals surface area contributed by atoms with Crippen LogP contribution < -0.4 is 5.32 Å². The summed E-state index contributed by atoms with van der Waals surface area (Å²) in [6.07, 6.45) is 0.874. The van der Waals surface area contributed by atoms with Gasteiger partial charge >= 0.3 is 0 Å². The van der Waals surface area contributed by atoms with Crippen molar-refractivity contribution in [2.75, 3.05) is 0 Å². The second kappa shape index (κ2) is 7.64. The molecule has 0 bridgehead atoms. The SMILES string of the molecule is Cc1nonc1CNC(=O)CCc1c(-c2ccc(F)cc2)[nH]c2ccccc12. The molecular weight excluding hydrogens is 359 g/mol. The molecule has 0 radical (unpaired) electrons. The molecule has 4 aromatic rings. The predicted molar refractivity (Wildman–Crippen MR) is 103 cm³/mol. The van der Waals surface area contributed by atoms with Gasteiger partial charge in [0.05, 0.1) is 6.54 Å². The van der Waals surface area contributed by atoms with Crippen molar-refractivity contribution in [1.29, 1.82) is 0 Å². The van der Waals surface area contributed by atoms with Crippen LogP contribution in [0.3, 0.4) is 0 Å². The van der Waals surface area contributed by atoms with E-state index < -0.39 is 0 Å². The molecule has 0 aliphatic heterocycles. The van der Waals surface area contributed by atoms with Crippen LogP contribution in [0.15, 0.2) is 53.2 Å². The number of aryl methyl sites for hydroxylation is 2. The number of nitrogens with zero attached hydrogens (tertiary/aromatic N) is 2. The molecule has 0 spiro atoms. The smallest absolute Gasteiger partial charge is 0.220 e. The van der Waals surface area contributed by atoms with E-state index in [1.54, 1.807) is 19.1 Å². The van der Waals surface area contributed by atoms with Gasteiger partial charge in [-0.1, -0.05) is 28.5 Å². The zero-order chi connectivity index (χ0) is 19.5. The Morgan fingerprint density at radius 3 is 2.68 bits per heavy atom. The lowest BCUT2D eigenvalue weighted by Gasteiger charge is -2.07. The summed E-state index contributed by atoms with van der Waals surface area (Å²) in [7, 11) is 0. The van der Waals surface area contributed by atoms with Gasteiger partial charge in [-0.3, -0.25) is 4.79 Å². The highest BCUT2D eigenvalue weighted by atomic mass is 19.1. The number of rotatable bonds is 6. The van der Waals surface area contributed by atoms with Crippen LogP contribution in [0, 0.1) is 12.7 Å². The average molecular weight is 378 g/mol. The molecule has 28 heavy (non-hydrogen) atoms. The van der Waals surface area contributed by atoms with Crippen molar-refractivity contribution in [1.82, 2.24) is 20.6 Å². The van der Waals surface area contributed by atoms with Crippen molar-refractivity contribution in [3.05, 3.63) is 71.3 Å². The number of para-hydroxylation sites is 1. The van der Waals surface area contributed by atoms with Crippen LogP contribution in [0.25, 0.3) is 22.2 Å². The standard InChI is InChI=1S/C21H19FN4O2/c1-13-19(26-28-25-13)12-23-20(27)11-10-17-16-4-2-3-5-18(16)24-21(17)14-6-8-15(22)9-7-14/h2-9,24H,10-12H2,1H3,(H,23,27). The van der Waals surface area contributed by atoms with Gasteiger partial charge in [-0.2, -0.15) is 0 Å². The Morgan fingerprint density at radius 1 is 1.14 bits per heavy atom. The number of H-pyrrole nitrogens is 1. The molecule has 7 heteroatoms. The molecule has 0 saturated heterocycles. The minimum atomic E-state index is -0.279. The number of aromatic nitrogens is 3. The lowest BCUT2D eigenvalue weighted by Crippen LogP contribution is -2.23. The average Bonchev–Trinajstić information content (AvgIpc) is 3.28. The van der Waals surface area contributed by atoms with Crippen LogP contribution in [-0.2, 0) is 17.8 Å². The zero-order valence-corrected chi connectivity index (χ0v) is 15.3. The van der Waals surface area contributed by atoms with Crippen LogP contribution in [0.2, 0.25) is 0 Å². The highest BCUT2D eigenvalue weighted by Gasteiger charge is 2.15. The topological polar surface area (TPSA) is 83.8 Å². The molecule has 1 amide bonds. The van der Waals surface area contributed by atoms with Gasteiger partial charge in [0.2, 0.25) is 5.91 Å². The maximum Gasteiger partial charge on any atom is 0.220 e. The monoisotopic (exact) mass is 378 g/mol. The van der Waals surface area contributed by atoms with E-state index in [9.17, 15) is 9.18 Å². The first-order chi connectivity index (χ1) is 13.6. The van der Waals surface area contributed by atoms with Crippen LogP contribution in [0.1, 0.15) is 23.4 Å². The maximum atomic E-state index is 13.3. The second-order valence-corrected chi connectivity index (χ2v) is 6.60. The third-order valence-corrected chi connectivity index (χ3v) is 4.75. The van der Waals surface area contributed by atoms with Crippen LogP contribution in [0.5, 0.6) is 0 Å². The fourth-order valence-corrected chi connectivity index (χ4v) is 3.24. The van der Waals surface area contributed by atoms with Gasteiger partial charge in [0.1, 0.15) is 17.2 Å². The Kier molecular flexibility index (Phi) is 4.89. The van der Waals surface area contributed by atoms with Crippen LogP contribution >= 0.6 is 0 Å². The molecule has 2 N–H and O–H groups in total. The Bertz CT molecular complexity index is 1120. The molecule has 2 aromatic carbocycles. The zero-order valence-electron chi connectivity index (χ0n) is 15.3. The van der Waals surface area contributed by atoms with Crippen molar-refractivity contribution >= 4 is 16.8 Å². The summed E-state index contributed by atoms with van der Waals surface area (Å²) in [5, 5.41) is 11.4. The second-order valence-electron chi connectivity index (χ2n) is 6.60. The van der Waals surface area contributed by atoms with E-state index in [-0.39, 0.29) is 18.3 Å². The number of nitrogens with one attached hydrogen (secondary N) is 2. The number of carbonyl (C=O) groups is 1. The summed E-state index contributed by atoms with van der Waals surface area (Å²) in [4.78, 5) is 15.7. The molecule has 0 aliphatic rings. The number of aromatic amines is 1. The van der Waals surface area contributed by atoms with Gasteiger partial charge in [0.25, 0.3) is 0 Å². The molecule has 0 fully saturated rings. The Labute approximate surface area is 160 Å². The maximum absolute atomic E-state index is 13.3. The van der Waals surface area contributed by atoms with E-state index in [0.29, 0.717) is 24.2 Å². The van der Waals surface area contributed by atoms with E-state index in [1.165, 1.54) is 12.1 Å². The summed E-state index contributed by atoms with van der Waals surface area (Å²) in [5.41, 5.74) is 5.10. The Morgan fingerprint density at radius 2 is 1.93 bits per heavy atom. The molecule has 2 heterocycles. The Hall–Kier alpha value is -3.48. The Balaban J connectivity index is 1.54. The van der Waals surface area contributed by atoms with E-state index in [2.05, 4.69) is 25.2 Å². The molecule has 142 valence electrons. The first-order valence-corrected chi connectivity index (χ1v) is 9.02. The first kappa shape index (κ1) is 17.9. The van der Waals surface area contributed by atoms with E-state index >= 15 is 0 Å². The van der Waals surface area contributed by atoms with Crippen LogP contribution in [0.4, 0.5) is 4.39 Å². The number of fused-ring (bicyclic) bond motifs is 1. The van der Waals surface area contributed by atoms with Gasteiger partial charge in [0, 0.05) is 23.0 Å². The fraction of sp³-hybridized carbons (Fsp3) is 0.190. The summed E-state index contributed by atoms with van der Waals surface area (Å²) in [5.74, 6) is -0.365. The van der Waals surface area contributed by atoms with E-state index in [4.69, 9.17) is 0 Å². The molecule has 4 rings (SSSR count).